The maximum atomic E-state index is 5.51. The zero-order chi connectivity index (χ0) is 24.1. The molecule has 2 aromatic heterocycles. The van der Waals surface area contributed by atoms with Crippen LogP contribution in [0.5, 0.6) is 0 Å². The molecule has 1 atom stereocenters. The standard InChI is InChI=1S/C25H36N6S2/c1-6-7-8-9-12-19(2)31-25(27-4)22(18-29-31)24(28-17-21-13-11-16-33-21)30-20(3)23(32-5)14-10-15-26/h10-11,13-16,18-19H,3-4,6-9,12,17,26H2,1-2,5H3,(H,28,30)/b15-10+,23-14-. The van der Waals surface area contributed by atoms with Gasteiger partial charge in [-0.25, -0.2) is 9.67 Å². The summed E-state index contributed by atoms with van der Waals surface area (Å²) in [6.07, 6.45) is 15.0. The van der Waals surface area contributed by atoms with Gasteiger partial charge < -0.3 is 11.1 Å². The SMILES string of the molecule is C=Nc1c(/C(=N\Cc2cccs2)NC(=C)/C(=C/C=C/N)SC)cnn1C(C)CCCCCC. The van der Waals surface area contributed by atoms with Crippen LogP contribution in [0.25, 0.3) is 0 Å². The largest absolute Gasteiger partial charge is 0.405 e. The zero-order valence-electron chi connectivity index (χ0n) is 20.0. The van der Waals surface area contributed by atoms with E-state index >= 15 is 0 Å². The molecule has 0 amide bonds. The Morgan fingerprint density at radius 1 is 1.39 bits per heavy atom. The molecule has 178 valence electrons. The minimum absolute atomic E-state index is 0.231. The average Bonchev–Trinajstić information content (AvgIpc) is 3.49. The fraction of sp³-hybridized carbons (Fsp3) is 0.400. The molecule has 0 aliphatic rings. The number of amidine groups is 1. The normalized spacial score (nSPS) is 13.4. The van der Waals surface area contributed by atoms with Gasteiger partial charge in [0.15, 0.2) is 5.82 Å². The zero-order valence-corrected chi connectivity index (χ0v) is 21.6. The number of allylic oxidation sites excluding steroid dienone is 2. The van der Waals surface area contributed by atoms with Gasteiger partial charge in [0, 0.05) is 15.5 Å². The van der Waals surface area contributed by atoms with E-state index in [-0.39, 0.29) is 6.04 Å². The number of nitrogens with zero attached hydrogens (tertiary/aromatic N) is 4. The Hall–Kier alpha value is -2.58. The Bertz CT molecular complexity index is 969. The van der Waals surface area contributed by atoms with Crippen molar-refractivity contribution in [1.82, 2.24) is 15.1 Å². The summed E-state index contributed by atoms with van der Waals surface area (Å²) in [6, 6.07) is 4.34. The first kappa shape index (κ1) is 26.7. The second-order valence-corrected chi connectivity index (χ2v) is 9.53. The van der Waals surface area contributed by atoms with E-state index in [0.29, 0.717) is 12.4 Å². The van der Waals surface area contributed by atoms with Crippen molar-refractivity contribution >= 4 is 41.5 Å². The molecule has 0 spiro atoms. The third-order valence-corrected chi connectivity index (χ3v) is 6.87. The second kappa shape index (κ2) is 14.5. The number of hydrogen-bond donors (Lipinski definition) is 2. The van der Waals surface area contributed by atoms with Crippen LogP contribution >= 0.6 is 23.1 Å². The first-order valence-electron chi connectivity index (χ1n) is 11.3. The van der Waals surface area contributed by atoms with Crippen molar-refractivity contribution in [3.05, 3.63) is 69.7 Å². The summed E-state index contributed by atoms with van der Waals surface area (Å²) in [4.78, 5) is 11.4. The van der Waals surface area contributed by atoms with Gasteiger partial charge in [0.2, 0.25) is 0 Å². The lowest BCUT2D eigenvalue weighted by atomic mass is 10.1. The quantitative estimate of drug-likeness (QED) is 0.137. The average molecular weight is 485 g/mol. The highest BCUT2D eigenvalue weighted by Gasteiger charge is 2.19. The van der Waals surface area contributed by atoms with Crippen LogP contribution < -0.4 is 11.1 Å². The van der Waals surface area contributed by atoms with Gasteiger partial charge >= 0.3 is 0 Å². The molecule has 2 aromatic rings. The van der Waals surface area contributed by atoms with Crippen LogP contribution in [0.3, 0.4) is 0 Å². The van der Waals surface area contributed by atoms with Crippen molar-refractivity contribution in [2.24, 2.45) is 15.7 Å². The van der Waals surface area contributed by atoms with Gasteiger partial charge in [-0.2, -0.15) is 5.10 Å². The predicted molar refractivity (Wildman–Crippen MR) is 147 cm³/mol. The van der Waals surface area contributed by atoms with Gasteiger partial charge in [0.05, 0.1) is 24.3 Å². The molecule has 0 aliphatic carbocycles. The Labute approximate surface area is 206 Å². The maximum Gasteiger partial charge on any atom is 0.161 e. The summed E-state index contributed by atoms with van der Waals surface area (Å²) >= 11 is 3.27. The Morgan fingerprint density at radius 3 is 2.85 bits per heavy atom. The summed E-state index contributed by atoms with van der Waals surface area (Å²) in [7, 11) is 0. The third-order valence-electron chi connectivity index (χ3n) is 5.19. The van der Waals surface area contributed by atoms with E-state index < -0.39 is 0 Å². The van der Waals surface area contributed by atoms with E-state index in [1.54, 1.807) is 29.2 Å². The number of aromatic nitrogens is 2. The number of unbranched alkanes of at least 4 members (excludes halogenated alkanes) is 3. The highest BCUT2D eigenvalue weighted by molar-refractivity contribution is 8.02. The summed E-state index contributed by atoms with van der Waals surface area (Å²) in [5.41, 5.74) is 7.06. The molecule has 6 nitrogen and oxygen atoms in total. The molecule has 0 bridgehead atoms. The first-order valence-corrected chi connectivity index (χ1v) is 13.4. The minimum atomic E-state index is 0.231. The summed E-state index contributed by atoms with van der Waals surface area (Å²) < 4.78 is 1.96. The summed E-state index contributed by atoms with van der Waals surface area (Å²) in [5.74, 6) is 1.40. The molecule has 2 heterocycles. The van der Waals surface area contributed by atoms with Crippen LogP contribution in [-0.2, 0) is 6.54 Å². The fourth-order valence-corrected chi connectivity index (χ4v) is 4.52. The van der Waals surface area contributed by atoms with E-state index in [0.717, 1.165) is 28.4 Å². The van der Waals surface area contributed by atoms with E-state index in [4.69, 9.17) is 10.7 Å². The van der Waals surface area contributed by atoms with E-state index in [9.17, 15) is 0 Å². The monoisotopic (exact) mass is 484 g/mol. The lowest BCUT2D eigenvalue weighted by Crippen LogP contribution is -2.24. The molecule has 0 saturated heterocycles. The Balaban J connectivity index is 2.34. The topological polar surface area (TPSA) is 80.6 Å². The van der Waals surface area contributed by atoms with Crippen LogP contribution in [-0.4, -0.2) is 28.6 Å². The Morgan fingerprint density at radius 2 is 2.21 bits per heavy atom. The lowest BCUT2D eigenvalue weighted by Gasteiger charge is -2.16. The van der Waals surface area contributed by atoms with Gasteiger partial charge in [-0.15, -0.1) is 23.1 Å². The molecule has 33 heavy (non-hydrogen) atoms. The van der Waals surface area contributed by atoms with Gasteiger partial charge in [0.1, 0.15) is 5.84 Å². The fourth-order valence-electron chi connectivity index (χ4n) is 3.38. The molecule has 0 aromatic carbocycles. The first-order chi connectivity index (χ1) is 16.0. The molecular weight excluding hydrogens is 448 g/mol. The maximum absolute atomic E-state index is 5.51. The van der Waals surface area contributed by atoms with E-state index in [2.05, 4.69) is 54.0 Å². The molecule has 3 N–H and O–H groups in total. The van der Waals surface area contributed by atoms with Crippen LogP contribution in [0.15, 0.2) is 69.2 Å². The second-order valence-electron chi connectivity index (χ2n) is 7.65. The van der Waals surface area contributed by atoms with Crippen molar-refractivity contribution in [1.29, 1.82) is 0 Å². The van der Waals surface area contributed by atoms with Crippen molar-refractivity contribution in [3.63, 3.8) is 0 Å². The number of hydrogen-bond acceptors (Lipinski definition) is 6. The predicted octanol–water partition coefficient (Wildman–Crippen LogP) is 6.58. The van der Waals surface area contributed by atoms with Gasteiger partial charge in [-0.05, 0) is 56.1 Å². The lowest BCUT2D eigenvalue weighted by molar-refractivity contribution is 0.439. The summed E-state index contributed by atoms with van der Waals surface area (Å²) in [5, 5.41) is 10.1. The van der Waals surface area contributed by atoms with Crippen LogP contribution in [0.2, 0.25) is 0 Å². The van der Waals surface area contributed by atoms with E-state index in [1.165, 1.54) is 36.8 Å². The van der Waals surface area contributed by atoms with Crippen molar-refractivity contribution in [2.75, 3.05) is 6.26 Å². The van der Waals surface area contributed by atoms with Crippen molar-refractivity contribution in [3.8, 4) is 0 Å². The number of nitrogens with one attached hydrogen (secondary N) is 1. The number of nitrogens with two attached hydrogens (primary N) is 1. The number of thiophene rings is 1. The van der Waals surface area contributed by atoms with Gasteiger partial charge in [-0.1, -0.05) is 45.3 Å². The Kier molecular flexibility index (Phi) is 11.8. The molecule has 8 heteroatoms. The highest BCUT2D eigenvalue weighted by atomic mass is 32.2. The van der Waals surface area contributed by atoms with Crippen LogP contribution in [0, 0.1) is 0 Å². The molecule has 1 unspecified atom stereocenters. The number of rotatable bonds is 14. The number of aliphatic imine (C=N–C) groups is 2. The van der Waals surface area contributed by atoms with Gasteiger partial charge in [-0.3, -0.25) is 4.99 Å². The van der Waals surface area contributed by atoms with Crippen LogP contribution in [0.1, 0.15) is 62.4 Å². The molecule has 0 aliphatic heterocycles. The van der Waals surface area contributed by atoms with Crippen LogP contribution in [0.4, 0.5) is 5.82 Å². The third kappa shape index (κ3) is 8.05. The van der Waals surface area contributed by atoms with Gasteiger partial charge in [0.25, 0.3) is 0 Å². The smallest absolute Gasteiger partial charge is 0.161 e. The molecule has 0 saturated carbocycles. The molecule has 0 fully saturated rings. The summed E-state index contributed by atoms with van der Waals surface area (Å²) in [6.45, 7) is 13.0. The molecular formula is C25H36N6S2. The van der Waals surface area contributed by atoms with Crippen molar-refractivity contribution < 1.29 is 0 Å². The molecule has 2 rings (SSSR count). The van der Waals surface area contributed by atoms with Crippen molar-refractivity contribution in [2.45, 2.75) is 58.5 Å². The molecule has 0 radical (unpaired) electrons. The highest BCUT2D eigenvalue weighted by Crippen LogP contribution is 2.27. The van der Waals surface area contributed by atoms with E-state index in [1.807, 2.05) is 29.3 Å². The number of thioether (sulfide) groups is 1. The minimum Gasteiger partial charge on any atom is -0.405 e.